The van der Waals surface area contributed by atoms with Crippen LogP contribution in [0.5, 0.6) is 0 Å². The van der Waals surface area contributed by atoms with Crippen LogP contribution in [0.15, 0.2) is 48.5 Å². The van der Waals surface area contributed by atoms with Gasteiger partial charge in [-0.15, -0.1) is 0 Å². The zero-order chi connectivity index (χ0) is 18.7. The molecule has 0 unspecified atom stereocenters. The number of nitrogens with one attached hydrogen (secondary N) is 2. The van der Waals surface area contributed by atoms with Gasteiger partial charge in [-0.25, -0.2) is 9.97 Å². The van der Waals surface area contributed by atoms with Crippen LogP contribution in [0.3, 0.4) is 0 Å². The van der Waals surface area contributed by atoms with Crippen LogP contribution in [0.2, 0.25) is 5.02 Å². The van der Waals surface area contributed by atoms with E-state index < -0.39 is 0 Å². The first kappa shape index (κ1) is 17.9. The molecule has 0 radical (unpaired) electrons. The minimum atomic E-state index is -0.312. The number of hydrogen-bond donors (Lipinski definition) is 2. The fourth-order valence-corrected chi connectivity index (χ4v) is 2.64. The highest BCUT2D eigenvalue weighted by molar-refractivity contribution is 6.31. The predicted molar refractivity (Wildman–Crippen MR) is 105 cm³/mol. The van der Waals surface area contributed by atoms with E-state index in [1.807, 2.05) is 38.1 Å². The maximum atomic E-state index is 12.6. The maximum Gasteiger partial charge on any atom is 0.274 e. The molecule has 1 aromatic heterocycles. The number of amides is 1. The Hall–Kier alpha value is -2.92. The molecule has 0 saturated heterocycles. The van der Waals surface area contributed by atoms with Crippen molar-refractivity contribution < 1.29 is 4.79 Å². The van der Waals surface area contributed by atoms with Gasteiger partial charge in [0.05, 0.1) is 0 Å². The number of hydrogen-bond acceptors (Lipinski definition) is 4. The van der Waals surface area contributed by atoms with E-state index in [1.165, 1.54) is 5.56 Å². The minimum Gasteiger partial charge on any atom is -0.340 e. The lowest BCUT2D eigenvalue weighted by molar-refractivity contribution is 0.102. The second-order valence-corrected chi connectivity index (χ2v) is 6.45. The second kappa shape index (κ2) is 7.54. The maximum absolute atomic E-state index is 12.6. The summed E-state index contributed by atoms with van der Waals surface area (Å²) in [5.41, 5.74) is 3.82. The van der Waals surface area contributed by atoms with Crippen LogP contribution in [0.25, 0.3) is 0 Å². The molecule has 3 rings (SSSR count). The highest BCUT2D eigenvalue weighted by Crippen LogP contribution is 2.23. The summed E-state index contributed by atoms with van der Waals surface area (Å²) in [5, 5.41) is 6.65. The van der Waals surface area contributed by atoms with Gasteiger partial charge in [0, 0.05) is 22.5 Å². The number of aryl methyl sites for hydroxylation is 2. The fraction of sp³-hybridized carbons (Fsp3) is 0.150. The summed E-state index contributed by atoms with van der Waals surface area (Å²) < 4.78 is 0. The summed E-state index contributed by atoms with van der Waals surface area (Å²) in [5.74, 6) is 0.761. The standard InChI is InChI=1S/C20H19ClN4O/c1-12-7-9-15(10-8-12)24-19-11-18(22-14(3)23-19)20(26)25-17-6-4-5-16(21)13(17)2/h4-11H,1-3H3,(H,25,26)(H,22,23,24). The Morgan fingerprint density at radius 2 is 1.73 bits per heavy atom. The number of aromatic nitrogens is 2. The van der Waals surface area contributed by atoms with E-state index in [1.54, 1.807) is 31.2 Å². The summed E-state index contributed by atoms with van der Waals surface area (Å²) >= 11 is 6.11. The van der Waals surface area contributed by atoms with Crippen LogP contribution in [-0.2, 0) is 0 Å². The lowest BCUT2D eigenvalue weighted by Gasteiger charge is -2.11. The van der Waals surface area contributed by atoms with Crippen molar-refractivity contribution >= 4 is 34.7 Å². The van der Waals surface area contributed by atoms with Gasteiger partial charge in [-0.1, -0.05) is 35.4 Å². The van der Waals surface area contributed by atoms with Gasteiger partial charge in [-0.2, -0.15) is 0 Å². The molecule has 0 bridgehead atoms. The first-order chi connectivity index (χ1) is 12.4. The first-order valence-corrected chi connectivity index (χ1v) is 8.56. The van der Waals surface area contributed by atoms with Crippen molar-refractivity contribution in [2.45, 2.75) is 20.8 Å². The zero-order valence-corrected chi connectivity index (χ0v) is 15.6. The Morgan fingerprint density at radius 3 is 2.46 bits per heavy atom. The fourth-order valence-electron chi connectivity index (χ4n) is 2.46. The number of carbonyl (C=O) groups excluding carboxylic acids is 1. The molecule has 0 aliphatic carbocycles. The molecule has 0 aliphatic rings. The Labute approximate surface area is 157 Å². The van der Waals surface area contributed by atoms with E-state index in [0.717, 1.165) is 11.3 Å². The Morgan fingerprint density at radius 1 is 1.00 bits per heavy atom. The molecule has 0 fully saturated rings. The molecular formula is C20H19ClN4O. The minimum absolute atomic E-state index is 0.284. The lowest BCUT2D eigenvalue weighted by Crippen LogP contribution is -2.16. The third-order valence-corrected chi connectivity index (χ3v) is 4.32. The molecule has 0 atom stereocenters. The highest BCUT2D eigenvalue weighted by Gasteiger charge is 2.13. The van der Waals surface area contributed by atoms with Crippen molar-refractivity contribution in [2.75, 3.05) is 10.6 Å². The SMILES string of the molecule is Cc1ccc(Nc2cc(C(=O)Nc3cccc(Cl)c3C)nc(C)n2)cc1. The molecule has 2 N–H and O–H groups in total. The summed E-state index contributed by atoms with van der Waals surface area (Å²) in [6.45, 7) is 5.63. The third kappa shape index (κ3) is 4.18. The molecule has 6 heteroatoms. The second-order valence-electron chi connectivity index (χ2n) is 6.04. The van der Waals surface area contributed by atoms with E-state index in [0.29, 0.717) is 22.4 Å². The van der Waals surface area contributed by atoms with Crippen LogP contribution in [0, 0.1) is 20.8 Å². The summed E-state index contributed by atoms with van der Waals surface area (Å²) in [4.78, 5) is 21.2. The molecule has 26 heavy (non-hydrogen) atoms. The van der Waals surface area contributed by atoms with Crippen LogP contribution >= 0.6 is 11.6 Å². The van der Waals surface area contributed by atoms with Gasteiger partial charge in [0.15, 0.2) is 0 Å². The lowest BCUT2D eigenvalue weighted by atomic mass is 10.2. The summed E-state index contributed by atoms with van der Waals surface area (Å²) in [6, 6.07) is 14.9. The molecule has 1 amide bonds. The van der Waals surface area contributed by atoms with E-state index in [4.69, 9.17) is 11.6 Å². The third-order valence-electron chi connectivity index (χ3n) is 3.91. The molecule has 0 saturated carbocycles. The summed E-state index contributed by atoms with van der Waals surface area (Å²) in [7, 11) is 0. The molecule has 5 nitrogen and oxygen atoms in total. The first-order valence-electron chi connectivity index (χ1n) is 8.18. The number of anilines is 3. The van der Waals surface area contributed by atoms with Crippen molar-refractivity contribution in [1.29, 1.82) is 0 Å². The van der Waals surface area contributed by atoms with E-state index in [2.05, 4.69) is 20.6 Å². The van der Waals surface area contributed by atoms with Crippen LogP contribution in [0.1, 0.15) is 27.4 Å². The smallest absolute Gasteiger partial charge is 0.274 e. The monoisotopic (exact) mass is 366 g/mol. The van der Waals surface area contributed by atoms with Crippen LogP contribution < -0.4 is 10.6 Å². The number of benzene rings is 2. The van der Waals surface area contributed by atoms with Gasteiger partial charge in [-0.3, -0.25) is 4.79 Å². The van der Waals surface area contributed by atoms with Crippen molar-refractivity contribution in [3.63, 3.8) is 0 Å². The number of carbonyl (C=O) groups is 1. The van der Waals surface area contributed by atoms with Crippen LogP contribution in [0.4, 0.5) is 17.2 Å². The molecular weight excluding hydrogens is 348 g/mol. The van der Waals surface area contributed by atoms with Gasteiger partial charge >= 0.3 is 0 Å². The molecule has 3 aromatic rings. The van der Waals surface area contributed by atoms with E-state index in [9.17, 15) is 4.79 Å². The molecule has 0 spiro atoms. The van der Waals surface area contributed by atoms with E-state index >= 15 is 0 Å². The predicted octanol–water partition coefficient (Wildman–Crippen LogP) is 5.05. The average molecular weight is 367 g/mol. The number of rotatable bonds is 4. The number of halogens is 1. The van der Waals surface area contributed by atoms with Gasteiger partial charge < -0.3 is 10.6 Å². The normalized spacial score (nSPS) is 10.5. The Bertz CT molecular complexity index is 955. The van der Waals surface area contributed by atoms with Crippen molar-refractivity contribution in [3.8, 4) is 0 Å². The Kier molecular flexibility index (Phi) is 5.19. The van der Waals surface area contributed by atoms with Crippen molar-refractivity contribution in [2.24, 2.45) is 0 Å². The number of nitrogens with zero attached hydrogens (tertiary/aromatic N) is 2. The largest absolute Gasteiger partial charge is 0.340 e. The van der Waals surface area contributed by atoms with Gasteiger partial charge in [0.2, 0.25) is 0 Å². The van der Waals surface area contributed by atoms with Crippen LogP contribution in [-0.4, -0.2) is 15.9 Å². The molecule has 2 aromatic carbocycles. The van der Waals surface area contributed by atoms with Crippen molar-refractivity contribution in [3.05, 3.63) is 76.2 Å². The van der Waals surface area contributed by atoms with Gasteiger partial charge in [0.25, 0.3) is 5.91 Å². The Balaban J connectivity index is 1.83. The van der Waals surface area contributed by atoms with Crippen molar-refractivity contribution in [1.82, 2.24) is 9.97 Å². The van der Waals surface area contributed by atoms with Gasteiger partial charge in [0.1, 0.15) is 17.3 Å². The highest BCUT2D eigenvalue weighted by atomic mass is 35.5. The van der Waals surface area contributed by atoms with Gasteiger partial charge in [-0.05, 0) is 50.6 Å². The molecule has 0 aliphatic heterocycles. The topological polar surface area (TPSA) is 66.9 Å². The zero-order valence-electron chi connectivity index (χ0n) is 14.8. The molecule has 1 heterocycles. The average Bonchev–Trinajstić information content (AvgIpc) is 2.60. The summed E-state index contributed by atoms with van der Waals surface area (Å²) in [6.07, 6.45) is 0. The molecule has 132 valence electrons. The quantitative estimate of drug-likeness (QED) is 0.678. The van der Waals surface area contributed by atoms with E-state index in [-0.39, 0.29) is 11.6 Å².